The van der Waals surface area contributed by atoms with Crippen molar-refractivity contribution in [2.45, 2.75) is 0 Å². The van der Waals surface area contributed by atoms with Gasteiger partial charge in [-0.15, -0.1) is 0 Å². The van der Waals surface area contributed by atoms with E-state index < -0.39 is 0 Å². The Hall–Kier alpha value is 7.23. The Bertz CT molecular complexity index is 90.8. The monoisotopic (exact) mass is 432 g/mol. The number of rotatable bonds is 0. The van der Waals surface area contributed by atoms with Crippen LogP contribution in [0.5, 0.6) is 0 Å². The normalized spacial score (nSPS) is 2.25. The van der Waals surface area contributed by atoms with Crippen molar-refractivity contribution in [2.24, 2.45) is 0 Å². The van der Waals surface area contributed by atoms with Crippen molar-refractivity contribution in [3.63, 3.8) is 0 Å². The van der Waals surface area contributed by atoms with E-state index in [-0.39, 0.29) is 304 Å². The van der Waals surface area contributed by atoms with Crippen molar-refractivity contribution >= 4 is 284 Å². The molecule has 3 N–H and O–H groups in total. The van der Waals surface area contributed by atoms with Gasteiger partial charge in [-0.25, -0.2) is 0 Å². The average Bonchev–Trinajstić information content (AvgIpc) is 1.70. The minimum absolute atomic E-state index is 0. The Morgan fingerprint density at radius 3 is 0.500 bits per heavy atom. The van der Waals surface area contributed by atoms with Gasteiger partial charge in [0.1, 0.15) is 0 Å². The van der Waals surface area contributed by atoms with Crippen molar-refractivity contribution < 1.29 is 49.7 Å². The van der Waals surface area contributed by atoms with Gasteiger partial charge in [0, 0.05) is 0 Å². The predicted molar refractivity (Wildman–Crippen MR) is 81.9 cm³/mol. The maximum absolute atomic E-state index is 8.36. The summed E-state index contributed by atoms with van der Waals surface area (Å²) in [5, 5.41) is 20.7. The topological polar surface area (TPSA) is 112 Å². The summed E-state index contributed by atoms with van der Waals surface area (Å²) in [6.45, 7) is -0.750. The van der Waals surface area contributed by atoms with E-state index >= 15 is 0 Å². The second-order valence-electron chi connectivity index (χ2n) is 0.316. The first kappa shape index (κ1) is 65.6. The maximum atomic E-state index is 8.36. The van der Waals surface area contributed by atoms with Gasteiger partial charge in [-0.3, -0.25) is 14.4 Å². The number of carbonyl (C=O) groups is 3. The van der Waals surface area contributed by atoms with Crippen LogP contribution in [-0.2, 0) is 14.4 Å². The Kier molecular flexibility index (Phi) is 392. The first-order valence-corrected chi connectivity index (χ1v) is 1.48. The molecular weight excluding hydrogens is 413 g/mol. The van der Waals surface area contributed by atoms with Gasteiger partial charge >= 0.3 is 264 Å². The summed E-state index contributed by atoms with van der Waals surface area (Å²) in [6, 6.07) is 0. The van der Waals surface area contributed by atoms with E-state index in [1.54, 1.807) is 0 Å². The second kappa shape index (κ2) is 95.7. The Morgan fingerprint density at radius 1 is 0.500 bits per heavy atom. The van der Waals surface area contributed by atoms with Crippen molar-refractivity contribution in [1.82, 2.24) is 0 Å². The number of hydrogen-bond donors (Lipinski definition) is 3. The van der Waals surface area contributed by atoms with Crippen LogP contribution in [0, 0.1) is 0 Å². The molecule has 6 nitrogen and oxygen atoms in total. The van der Waals surface area contributed by atoms with Crippen molar-refractivity contribution in [3.05, 3.63) is 0 Å². The molecule has 0 aliphatic carbocycles. The Balaban J connectivity index is -0.000000000606. The van der Waals surface area contributed by atoms with E-state index in [1.165, 1.54) is 0 Å². The first-order chi connectivity index (χ1) is 4.24. The van der Waals surface area contributed by atoms with Crippen LogP contribution >= 0.6 is 0 Å². The fourth-order valence-corrected chi connectivity index (χ4v) is 0. The molecular formula is C3H20Ca7O6. The van der Waals surface area contributed by atoms with Gasteiger partial charge in [-0.1, -0.05) is 0 Å². The van der Waals surface area contributed by atoms with Gasteiger partial charge < -0.3 is 35.3 Å². The van der Waals surface area contributed by atoms with Crippen LogP contribution in [0.3, 0.4) is 0 Å². The molecule has 13 heteroatoms. The summed E-state index contributed by atoms with van der Waals surface area (Å²) >= 11 is 0. The van der Waals surface area contributed by atoms with Gasteiger partial charge in [0.05, 0.1) is 0 Å². The molecule has 0 saturated heterocycles. The maximum Gasteiger partial charge on any atom is 2.00 e. The minimum Gasteiger partial charge on any atom is -1.00 e. The van der Waals surface area contributed by atoms with Crippen LogP contribution < -0.4 is 0 Å². The molecule has 0 unspecified atom stereocenters. The summed E-state index contributed by atoms with van der Waals surface area (Å²) in [7, 11) is 0. The molecule has 0 fully saturated rings. The van der Waals surface area contributed by atoms with Crippen LogP contribution in [0.4, 0.5) is 0 Å². The van der Waals surface area contributed by atoms with Gasteiger partial charge in [0.15, 0.2) is 0 Å². The molecule has 0 saturated carbocycles. The summed E-state index contributed by atoms with van der Waals surface area (Å²) in [5.41, 5.74) is 0. The van der Waals surface area contributed by atoms with E-state index in [1.807, 2.05) is 0 Å². The number of carboxylic acid groups (broad SMARTS) is 3. The van der Waals surface area contributed by atoms with E-state index in [2.05, 4.69) is 0 Å². The molecule has 0 aliphatic rings. The average molecular weight is 433 g/mol. The Morgan fingerprint density at radius 2 is 0.500 bits per heavy atom. The predicted octanol–water partition coefficient (Wildman–Crippen LogP) is -1.99. The molecule has 0 aromatic heterocycles. The minimum atomic E-state index is -0.250. The SMILES string of the molecule is O=CO.O=CO.O=CO.[Ca+2].[Ca+2].[Ca+2].[Ca+2].[Ca+2].[Ca+2].[Ca+2].[H-].[H-].[H-].[H-].[H-].[H-].[H-].[H-].[H-].[H-].[H-].[H-].[H-].[H-]. The molecule has 82 valence electrons. The molecule has 0 spiro atoms. The van der Waals surface area contributed by atoms with Gasteiger partial charge in [0.2, 0.25) is 0 Å². The third kappa shape index (κ3) is 166. The van der Waals surface area contributed by atoms with Crippen molar-refractivity contribution in [3.8, 4) is 0 Å². The van der Waals surface area contributed by atoms with Crippen molar-refractivity contribution in [1.29, 1.82) is 0 Å². The van der Waals surface area contributed by atoms with Crippen LogP contribution in [-0.4, -0.2) is 299 Å². The summed E-state index contributed by atoms with van der Waals surface area (Å²) in [5.74, 6) is 0. The van der Waals surface area contributed by atoms with Crippen LogP contribution in [0.2, 0.25) is 0 Å². The van der Waals surface area contributed by atoms with E-state index in [0.29, 0.717) is 0 Å². The van der Waals surface area contributed by atoms with E-state index in [4.69, 9.17) is 29.7 Å². The van der Waals surface area contributed by atoms with Gasteiger partial charge in [-0.05, 0) is 0 Å². The largest absolute Gasteiger partial charge is 2.00 e. The molecule has 0 amide bonds. The standard InChI is InChI=1S/3CH2O2.7Ca.14H/c3*2-1-3;;;;;;;;;;;;;;;;;;;;;/h3*1H,(H,2,3);;;;;;;;;;;;;;;;;;;;;/q;;;7*+2;14*-1. The van der Waals surface area contributed by atoms with E-state index in [0.717, 1.165) is 0 Å². The van der Waals surface area contributed by atoms with Crippen LogP contribution in [0.25, 0.3) is 0 Å². The van der Waals surface area contributed by atoms with Crippen LogP contribution in [0.1, 0.15) is 20.0 Å². The second-order valence-corrected chi connectivity index (χ2v) is 0.316. The molecule has 0 aromatic rings. The summed E-state index contributed by atoms with van der Waals surface area (Å²) in [4.78, 5) is 25.1. The third-order valence-electron chi connectivity index (χ3n) is 0. The van der Waals surface area contributed by atoms with Crippen LogP contribution in [0.15, 0.2) is 0 Å². The third-order valence-corrected chi connectivity index (χ3v) is 0. The zero-order valence-electron chi connectivity index (χ0n) is 23.2. The summed E-state index contributed by atoms with van der Waals surface area (Å²) in [6.07, 6.45) is 0. The van der Waals surface area contributed by atoms with Crippen molar-refractivity contribution in [2.75, 3.05) is 0 Å². The van der Waals surface area contributed by atoms with E-state index in [9.17, 15) is 0 Å². The molecule has 16 heavy (non-hydrogen) atoms. The number of hydrogen-bond acceptors (Lipinski definition) is 3. The molecule has 0 bridgehead atoms. The molecule has 0 aliphatic heterocycles. The quantitative estimate of drug-likeness (QED) is 0.302. The van der Waals surface area contributed by atoms with Gasteiger partial charge in [-0.2, -0.15) is 0 Å². The fraction of sp³-hybridized carbons (Fsp3) is 0. The molecule has 0 aromatic carbocycles. The van der Waals surface area contributed by atoms with Gasteiger partial charge in [0.25, 0.3) is 19.4 Å². The molecule has 0 heterocycles. The molecule has 0 radical (unpaired) electrons. The fourth-order valence-electron chi connectivity index (χ4n) is 0. The zero-order valence-corrected chi connectivity index (χ0v) is 24.7. The zero-order chi connectivity index (χ0) is 8.12. The first-order valence-electron chi connectivity index (χ1n) is 1.48. The Labute approximate surface area is 324 Å². The smallest absolute Gasteiger partial charge is 1.00 e. The summed E-state index contributed by atoms with van der Waals surface area (Å²) < 4.78 is 0. The molecule has 0 atom stereocenters. The molecule has 0 rings (SSSR count).